The van der Waals surface area contributed by atoms with Gasteiger partial charge >= 0.3 is 0 Å². The summed E-state index contributed by atoms with van der Waals surface area (Å²) in [6, 6.07) is 3.02. The van der Waals surface area contributed by atoms with Crippen LogP contribution in [0.3, 0.4) is 0 Å². The number of ether oxygens (including phenoxy) is 2. The third-order valence-electron chi connectivity index (χ3n) is 3.47. The van der Waals surface area contributed by atoms with Gasteiger partial charge in [0.05, 0.1) is 5.02 Å². The van der Waals surface area contributed by atoms with E-state index in [1.807, 2.05) is 0 Å². The smallest absolute Gasteiger partial charge is 0.272 e. The highest BCUT2D eigenvalue weighted by molar-refractivity contribution is 6.30. The molecule has 0 aromatic carbocycles. The van der Waals surface area contributed by atoms with Crippen molar-refractivity contribution in [1.82, 2.24) is 19.5 Å². The van der Waals surface area contributed by atoms with Crippen LogP contribution in [0.25, 0.3) is 11.2 Å². The summed E-state index contributed by atoms with van der Waals surface area (Å²) in [4.78, 5) is 23.5. The lowest BCUT2D eigenvalue weighted by Crippen LogP contribution is -2.08. The van der Waals surface area contributed by atoms with E-state index < -0.39 is 13.0 Å². The molecule has 0 N–H and O–H groups in total. The normalized spacial score (nSPS) is 11.2. The Kier molecular flexibility index (Phi) is 4.99. The summed E-state index contributed by atoms with van der Waals surface area (Å²) in [5.74, 6) is 0.310. The number of aldehydes is 1. The molecule has 136 valence electrons. The number of carbonyl (C=O) groups is 1. The molecule has 3 aromatic rings. The van der Waals surface area contributed by atoms with Gasteiger partial charge < -0.3 is 14.0 Å². The van der Waals surface area contributed by atoms with Gasteiger partial charge in [-0.2, -0.15) is 4.98 Å². The number of carbonyl (C=O) groups excluding carboxylic acids is 1. The molecule has 0 aliphatic rings. The second-order valence-corrected chi connectivity index (χ2v) is 5.80. The summed E-state index contributed by atoms with van der Waals surface area (Å²) >= 11 is 5.84. The summed E-state index contributed by atoms with van der Waals surface area (Å²) < 4.78 is 37.0. The van der Waals surface area contributed by atoms with Crippen molar-refractivity contribution in [3.05, 3.63) is 34.7 Å². The number of imidazole rings is 1. The number of pyridine rings is 2. The number of hydrogen-bond acceptors (Lipinski definition) is 6. The van der Waals surface area contributed by atoms with Gasteiger partial charge in [-0.3, -0.25) is 4.79 Å². The molecule has 0 aliphatic heterocycles. The summed E-state index contributed by atoms with van der Waals surface area (Å²) in [5.41, 5.74) is 1.57. The number of aromatic nitrogens is 4. The fourth-order valence-corrected chi connectivity index (χ4v) is 2.40. The quantitative estimate of drug-likeness (QED) is 0.606. The maximum Gasteiger partial charge on any atom is 0.272 e. The zero-order valence-corrected chi connectivity index (χ0v) is 14.5. The molecule has 0 saturated carbocycles. The monoisotopic (exact) mass is 382 g/mol. The van der Waals surface area contributed by atoms with Crippen molar-refractivity contribution in [2.45, 2.75) is 13.3 Å². The van der Waals surface area contributed by atoms with Crippen LogP contribution in [0.5, 0.6) is 17.5 Å². The molecule has 0 amide bonds. The van der Waals surface area contributed by atoms with Crippen LogP contribution in [0.4, 0.5) is 8.78 Å². The Morgan fingerprint density at radius 2 is 2.08 bits per heavy atom. The number of halogens is 3. The first-order valence-electron chi connectivity index (χ1n) is 7.42. The van der Waals surface area contributed by atoms with E-state index in [-0.39, 0.29) is 28.4 Å². The van der Waals surface area contributed by atoms with E-state index in [4.69, 9.17) is 21.1 Å². The number of nitrogens with zero attached hydrogens (tertiary/aromatic N) is 4. The second-order valence-electron chi connectivity index (χ2n) is 5.36. The highest BCUT2D eigenvalue weighted by atomic mass is 35.5. The minimum absolute atomic E-state index is 0.0299. The van der Waals surface area contributed by atoms with Crippen LogP contribution in [-0.4, -0.2) is 38.8 Å². The van der Waals surface area contributed by atoms with E-state index in [2.05, 4.69) is 15.0 Å². The Hall–Kier alpha value is -2.81. The molecule has 0 radical (unpaired) electrons. The Bertz CT molecular complexity index is 978. The van der Waals surface area contributed by atoms with Crippen LogP contribution < -0.4 is 9.47 Å². The third kappa shape index (κ3) is 3.57. The van der Waals surface area contributed by atoms with E-state index in [1.54, 1.807) is 20.0 Å². The molecule has 0 saturated heterocycles. The number of hydrogen-bond donors (Lipinski definition) is 0. The van der Waals surface area contributed by atoms with Gasteiger partial charge in [-0.05, 0) is 13.0 Å². The van der Waals surface area contributed by atoms with Gasteiger partial charge in [0.15, 0.2) is 23.5 Å². The van der Waals surface area contributed by atoms with Crippen molar-refractivity contribution >= 4 is 29.1 Å². The fraction of sp³-hybridized carbons (Fsp3) is 0.250. The van der Waals surface area contributed by atoms with Crippen molar-refractivity contribution in [2.24, 2.45) is 7.05 Å². The molecule has 0 bridgehead atoms. The SMILES string of the molecule is Cc1cc2nc(C=O)n(C)c2nc1Oc1ncc(Cl)cc1OCC(F)F. The molecule has 0 aliphatic carbocycles. The van der Waals surface area contributed by atoms with Gasteiger partial charge in [0.1, 0.15) is 12.1 Å². The second kappa shape index (κ2) is 7.20. The topological polar surface area (TPSA) is 79.1 Å². The molecular weight excluding hydrogens is 370 g/mol. The van der Waals surface area contributed by atoms with Crippen LogP contribution in [0.2, 0.25) is 5.02 Å². The Labute approximate surface area is 151 Å². The lowest BCUT2D eigenvalue weighted by Gasteiger charge is -2.12. The lowest BCUT2D eigenvalue weighted by molar-refractivity contribution is 0.0803. The molecule has 10 heteroatoms. The average molecular weight is 383 g/mol. The van der Waals surface area contributed by atoms with Crippen molar-refractivity contribution < 1.29 is 23.0 Å². The number of fused-ring (bicyclic) bond motifs is 1. The van der Waals surface area contributed by atoms with Gasteiger partial charge in [-0.1, -0.05) is 11.6 Å². The number of rotatable bonds is 6. The van der Waals surface area contributed by atoms with E-state index in [0.29, 0.717) is 23.0 Å². The first kappa shape index (κ1) is 18.0. The summed E-state index contributed by atoms with van der Waals surface area (Å²) in [5, 5.41) is 0.212. The minimum Gasteiger partial charge on any atom is -0.482 e. The van der Waals surface area contributed by atoms with Crippen molar-refractivity contribution in [1.29, 1.82) is 0 Å². The van der Waals surface area contributed by atoms with Crippen molar-refractivity contribution in [3.63, 3.8) is 0 Å². The molecule has 26 heavy (non-hydrogen) atoms. The van der Waals surface area contributed by atoms with E-state index in [1.165, 1.54) is 16.8 Å². The Morgan fingerprint density at radius 3 is 2.77 bits per heavy atom. The summed E-state index contributed by atoms with van der Waals surface area (Å²) in [6.45, 7) is 0.904. The molecular formula is C16H13ClF2N4O3. The first-order chi connectivity index (χ1) is 12.4. The van der Waals surface area contributed by atoms with Gasteiger partial charge in [-0.25, -0.2) is 18.7 Å². The fourth-order valence-electron chi connectivity index (χ4n) is 2.25. The largest absolute Gasteiger partial charge is 0.482 e. The molecule has 0 fully saturated rings. The predicted molar refractivity (Wildman–Crippen MR) is 89.5 cm³/mol. The van der Waals surface area contributed by atoms with Gasteiger partial charge in [-0.15, -0.1) is 0 Å². The van der Waals surface area contributed by atoms with Gasteiger partial charge in [0.2, 0.25) is 5.88 Å². The Morgan fingerprint density at radius 1 is 1.31 bits per heavy atom. The van der Waals surface area contributed by atoms with Crippen molar-refractivity contribution in [2.75, 3.05) is 6.61 Å². The Balaban J connectivity index is 1.99. The van der Waals surface area contributed by atoms with E-state index in [0.717, 1.165) is 0 Å². The minimum atomic E-state index is -2.66. The van der Waals surface area contributed by atoms with Gasteiger partial charge in [0.25, 0.3) is 12.3 Å². The van der Waals surface area contributed by atoms with Crippen LogP contribution in [0, 0.1) is 6.92 Å². The average Bonchev–Trinajstić information content (AvgIpc) is 2.90. The number of alkyl halides is 2. The third-order valence-corrected chi connectivity index (χ3v) is 3.68. The first-order valence-corrected chi connectivity index (χ1v) is 7.80. The van der Waals surface area contributed by atoms with Crippen LogP contribution in [0.15, 0.2) is 18.3 Å². The predicted octanol–water partition coefficient (Wildman–Crippen LogP) is 3.57. The van der Waals surface area contributed by atoms with Crippen molar-refractivity contribution in [3.8, 4) is 17.5 Å². The molecule has 7 nitrogen and oxygen atoms in total. The summed E-state index contributed by atoms with van der Waals surface area (Å²) in [6.07, 6.45) is -0.738. The molecule has 3 aromatic heterocycles. The standard InChI is InChI=1S/C16H13ClF2N4O3/c1-8-3-10-14(23(2)13(6-24)21-10)22-15(8)26-16-11(25-7-12(18)19)4-9(17)5-20-16/h3-6,12H,7H2,1-2H3. The van der Waals surface area contributed by atoms with Crippen LogP contribution in [-0.2, 0) is 7.05 Å². The van der Waals surface area contributed by atoms with Crippen LogP contribution in [0.1, 0.15) is 16.2 Å². The highest BCUT2D eigenvalue weighted by Gasteiger charge is 2.17. The molecule has 0 atom stereocenters. The highest BCUT2D eigenvalue weighted by Crippen LogP contribution is 2.33. The zero-order valence-electron chi connectivity index (χ0n) is 13.7. The molecule has 3 rings (SSSR count). The molecule has 0 spiro atoms. The number of aryl methyl sites for hydroxylation is 2. The molecule has 3 heterocycles. The lowest BCUT2D eigenvalue weighted by atomic mass is 10.3. The zero-order chi connectivity index (χ0) is 18.8. The summed E-state index contributed by atoms with van der Waals surface area (Å²) in [7, 11) is 1.64. The maximum atomic E-state index is 12.4. The maximum absolute atomic E-state index is 12.4. The van der Waals surface area contributed by atoms with Gasteiger partial charge in [0, 0.05) is 24.9 Å². The van der Waals surface area contributed by atoms with Crippen LogP contribution >= 0.6 is 11.6 Å². The van der Waals surface area contributed by atoms with E-state index in [9.17, 15) is 13.6 Å². The van der Waals surface area contributed by atoms with E-state index >= 15 is 0 Å². The molecule has 0 unspecified atom stereocenters.